The van der Waals surface area contributed by atoms with Crippen LogP contribution in [0.2, 0.25) is 0 Å². The Morgan fingerprint density at radius 3 is 2.39 bits per heavy atom. The van der Waals surface area contributed by atoms with E-state index >= 15 is 0 Å². The minimum atomic E-state index is -3.04. The average Bonchev–Trinajstić information content (AvgIpc) is 2.30. The molecule has 0 aromatic rings. The lowest BCUT2D eigenvalue weighted by molar-refractivity contribution is 0.245. The first-order valence-corrected chi connectivity index (χ1v) is 9.37. The van der Waals surface area contributed by atoms with E-state index in [1.807, 2.05) is 6.26 Å². The predicted octanol–water partition coefficient (Wildman–Crippen LogP) is 0.112. The number of nitrogens with one attached hydrogen (secondary N) is 1. The van der Waals surface area contributed by atoms with E-state index in [0.29, 0.717) is 19.1 Å². The van der Waals surface area contributed by atoms with Gasteiger partial charge in [0.15, 0.2) is 0 Å². The maximum atomic E-state index is 11.4. The third kappa shape index (κ3) is 4.70. The van der Waals surface area contributed by atoms with Crippen LogP contribution in [0.3, 0.4) is 0 Å². The zero-order chi connectivity index (χ0) is 13.8. The van der Waals surface area contributed by atoms with Gasteiger partial charge in [0.25, 0.3) is 0 Å². The van der Waals surface area contributed by atoms with E-state index in [4.69, 9.17) is 0 Å². The molecule has 0 aliphatic carbocycles. The number of rotatable bonds is 6. The molecule has 1 heterocycles. The number of nitrogens with zero attached hydrogens (tertiary/aromatic N) is 1. The summed E-state index contributed by atoms with van der Waals surface area (Å²) in [5.41, 5.74) is 0. The van der Waals surface area contributed by atoms with E-state index in [1.165, 1.54) is 10.6 Å². The highest BCUT2D eigenvalue weighted by Gasteiger charge is 2.26. The molecule has 2 atom stereocenters. The van der Waals surface area contributed by atoms with Gasteiger partial charge >= 0.3 is 0 Å². The molecule has 0 saturated carbocycles. The number of aliphatic hydroxyl groups is 1. The summed E-state index contributed by atoms with van der Waals surface area (Å²) in [6.45, 7) is 3.41. The molecule has 0 aromatic heterocycles. The quantitative estimate of drug-likeness (QED) is 0.728. The van der Waals surface area contributed by atoms with Crippen LogP contribution < -0.4 is 5.32 Å². The zero-order valence-corrected chi connectivity index (χ0v) is 12.9. The summed E-state index contributed by atoms with van der Waals surface area (Å²) in [7, 11) is -3.04. The summed E-state index contributed by atoms with van der Waals surface area (Å²) >= 11 is 1.65. The minimum Gasteiger partial charge on any atom is -0.395 e. The molecule has 0 radical (unpaired) electrons. The lowest BCUT2D eigenvalue weighted by Gasteiger charge is -2.34. The van der Waals surface area contributed by atoms with E-state index in [-0.39, 0.29) is 17.9 Å². The van der Waals surface area contributed by atoms with Gasteiger partial charge in [0.1, 0.15) is 0 Å². The van der Waals surface area contributed by atoms with Gasteiger partial charge in [0.2, 0.25) is 10.0 Å². The van der Waals surface area contributed by atoms with Gasteiger partial charge < -0.3 is 10.4 Å². The molecule has 18 heavy (non-hydrogen) atoms. The summed E-state index contributed by atoms with van der Waals surface area (Å²) in [6.07, 6.45) is 4.93. The van der Waals surface area contributed by atoms with E-state index < -0.39 is 10.0 Å². The number of sulfonamides is 1. The predicted molar refractivity (Wildman–Crippen MR) is 76.4 cm³/mol. The molecular formula is C11H24N2O3S2. The van der Waals surface area contributed by atoms with Crippen molar-refractivity contribution in [2.24, 2.45) is 0 Å². The normalized spacial score (nSPS) is 22.9. The maximum Gasteiger partial charge on any atom is 0.211 e. The van der Waals surface area contributed by atoms with Crippen LogP contribution in [0.4, 0.5) is 0 Å². The van der Waals surface area contributed by atoms with Crippen molar-refractivity contribution >= 4 is 21.8 Å². The third-order valence-corrected chi connectivity index (χ3v) is 5.93. The van der Waals surface area contributed by atoms with Crippen molar-refractivity contribution in [1.82, 2.24) is 9.62 Å². The Kier molecular flexibility index (Phi) is 6.40. The second-order valence-corrected chi connectivity index (χ2v) is 7.91. The summed E-state index contributed by atoms with van der Waals surface area (Å²) in [4.78, 5) is 0. The van der Waals surface area contributed by atoms with Gasteiger partial charge in [-0.05, 0) is 26.0 Å². The van der Waals surface area contributed by atoms with Crippen molar-refractivity contribution < 1.29 is 13.5 Å². The van der Waals surface area contributed by atoms with Crippen molar-refractivity contribution in [2.45, 2.75) is 37.1 Å². The highest BCUT2D eigenvalue weighted by Crippen LogP contribution is 2.16. The molecule has 108 valence electrons. The van der Waals surface area contributed by atoms with E-state index in [0.717, 1.165) is 12.8 Å². The van der Waals surface area contributed by atoms with Gasteiger partial charge in [0.05, 0.1) is 12.9 Å². The number of thioether (sulfide) groups is 1. The maximum absolute atomic E-state index is 11.4. The topological polar surface area (TPSA) is 69.6 Å². The first-order chi connectivity index (χ1) is 8.38. The summed E-state index contributed by atoms with van der Waals surface area (Å²) in [5, 5.41) is 12.9. The fourth-order valence-corrected chi connectivity index (χ4v) is 3.78. The van der Waals surface area contributed by atoms with Crippen LogP contribution in [0.1, 0.15) is 19.8 Å². The van der Waals surface area contributed by atoms with Gasteiger partial charge in [-0.25, -0.2) is 12.7 Å². The van der Waals surface area contributed by atoms with Crippen molar-refractivity contribution in [1.29, 1.82) is 0 Å². The molecule has 1 rings (SSSR count). The number of hydrogen-bond donors (Lipinski definition) is 2. The summed E-state index contributed by atoms with van der Waals surface area (Å²) < 4.78 is 24.3. The zero-order valence-electron chi connectivity index (χ0n) is 11.3. The van der Waals surface area contributed by atoms with Crippen molar-refractivity contribution in [3.8, 4) is 0 Å². The van der Waals surface area contributed by atoms with Crippen molar-refractivity contribution in [3.05, 3.63) is 0 Å². The Bertz CT molecular complexity index is 336. The first-order valence-electron chi connectivity index (χ1n) is 6.23. The molecule has 1 fully saturated rings. The first kappa shape index (κ1) is 16.2. The number of piperidine rings is 1. The highest BCUT2D eigenvalue weighted by atomic mass is 32.2. The molecule has 2 N–H and O–H groups in total. The lowest BCUT2D eigenvalue weighted by Crippen LogP contribution is -2.49. The fraction of sp³-hybridized carbons (Fsp3) is 1.00. The van der Waals surface area contributed by atoms with Gasteiger partial charge in [-0.15, -0.1) is 0 Å². The van der Waals surface area contributed by atoms with E-state index in [9.17, 15) is 13.5 Å². The average molecular weight is 296 g/mol. The second kappa shape index (κ2) is 7.09. The molecule has 0 amide bonds. The lowest BCUT2D eigenvalue weighted by atomic mass is 10.1. The number of hydrogen-bond acceptors (Lipinski definition) is 5. The largest absolute Gasteiger partial charge is 0.395 e. The molecule has 0 spiro atoms. The van der Waals surface area contributed by atoms with Gasteiger partial charge in [0, 0.05) is 30.4 Å². The van der Waals surface area contributed by atoms with Crippen LogP contribution in [0.15, 0.2) is 0 Å². The molecular weight excluding hydrogens is 272 g/mol. The summed E-state index contributed by atoms with van der Waals surface area (Å²) in [5.74, 6) is 0. The molecule has 0 aromatic carbocycles. The fourth-order valence-electron chi connectivity index (χ4n) is 2.27. The SMILES string of the molecule is CSC(CO)C(C)NC1CCN(S(C)(=O)=O)CC1. The Morgan fingerprint density at radius 2 is 2.00 bits per heavy atom. The Morgan fingerprint density at radius 1 is 1.44 bits per heavy atom. The van der Waals surface area contributed by atoms with Crippen LogP contribution >= 0.6 is 11.8 Å². The van der Waals surface area contributed by atoms with Crippen LogP contribution in [0.5, 0.6) is 0 Å². The highest BCUT2D eigenvalue weighted by molar-refractivity contribution is 7.99. The second-order valence-electron chi connectivity index (χ2n) is 4.85. The molecule has 7 heteroatoms. The molecule has 1 aliphatic heterocycles. The van der Waals surface area contributed by atoms with Crippen LogP contribution in [-0.4, -0.2) is 67.4 Å². The van der Waals surface area contributed by atoms with E-state index in [1.54, 1.807) is 11.8 Å². The smallest absolute Gasteiger partial charge is 0.211 e. The molecule has 0 bridgehead atoms. The van der Waals surface area contributed by atoms with Gasteiger partial charge in [-0.2, -0.15) is 11.8 Å². The van der Waals surface area contributed by atoms with Crippen molar-refractivity contribution in [2.75, 3.05) is 32.2 Å². The van der Waals surface area contributed by atoms with Gasteiger partial charge in [-0.1, -0.05) is 0 Å². The molecule has 1 aliphatic rings. The Hall–Kier alpha value is 0.180. The Balaban J connectivity index is 2.40. The third-order valence-electron chi connectivity index (χ3n) is 3.46. The van der Waals surface area contributed by atoms with E-state index in [2.05, 4.69) is 12.2 Å². The molecule has 2 unspecified atom stereocenters. The summed E-state index contributed by atoms with van der Waals surface area (Å²) in [6, 6.07) is 0.582. The number of aliphatic hydroxyl groups excluding tert-OH is 1. The monoisotopic (exact) mass is 296 g/mol. The molecule has 5 nitrogen and oxygen atoms in total. The molecule has 1 saturated heterocycles. The minimum absolute atomic E-state index is 0.164. The van der Waals surface area contributed by atoms with Crippen LogP contribution in [0, 0.1) is 0 Å². The Labute approximate surface area is 114 Å². The van der Waals surface area contributed by atoms with Crippen LogP contribution in [-0.2, 0) is 10.0 Å². The standard InChI is InChI=1S/C11H24N2O3S2/c1-9(11(8-14)17-2)12-10-4-6-13(7-5-10)18(3,15)16/h9-12,14H,4-8H2,1-3H3. The van der Waals surface area contributed by atoms with Crippen LogP contribution in [0.25, 0.3) is 0 Å². The van der Waals surface area contributed by atoms with Crippen molar-refractivity contribution in [3.63, 3.8) is 0 Å². The van der Waals surface area contributed by atoms with Gasteiger partial charge in [-0.3, -0.25) is 0 Å².